The van der Waals surface area contributed by atoms with Crippen LogP contribution in [0.3, 0.4) is 0 Å². The minimum atomic E-state index is -0.760. The van der Waals surface area contributed by atoms with Gasteiger partial charge in [-0.25, -0.2) is 0 Å². The first kappa shape index (κ1) is 27.0. The molecule has 38 heavy (non-hydrogen) atoms. The van der Waals surface area contributed by atoms with Crippen LogP contribution in [0.2, 0.25) is 0 Å². The Balaban J connectivity index is 1.79. The van der Waals surface area contributed by atoms with Crippen molar-refractivity contribution in [2.75, 3.05) is 19.8 Å². The highest BCUT2D eigenvalue weighted by Gasteiger charge is 2.46. The molecule has 1 aliphatic rings. The number of aliphatic hydroxyl groups is 1. The lowest BCUT2D eigenvalue weighted by Crippen LogP contribution is -2.31. The molecule has 0 aliphatic carbocycles. The summed E-state index contributed by atoms with van der Waals surface area (Å²) in [5, 5.41) is 11.3. The van der Waals surface area contributed by atoms with Gasteiger partial charge in [-0.3, -0.25) is 9.59 Å². The van der Waals surface area contributed by atoms with Crippen LogP contribution in [-0.4, -0.2) is 41.5 Å². The summed E-state index contributed by atoms with van der Waals surface area (Å²) in [4.78, 5) is 28.3. The van der Waals surface area contributed by atoms with Gasteiger partial charge >= 0.3 is 0 Å². The number of ether oxygens (including phenoxy) is 2. The molecule has 0 radical (unpaired) electrons. The van der Waals surface area contributed by atoms with Gasteiger partial charge in [-0.2, -0.15) is 0 Å². The van der Waals surface area contributed by atoms with Gasteiger partial charge in [-0.15, -0.1) is 0 Å². The first-order chi connectivity index (χ1) is 18.4. The average molecular weight is 514 g/mol. The van der Waals surface area contributed by atoms with Crippen LogP contribution in [0.4, 0.5) is 0 Å². The van der Waals surface area contributed by atoms with Crippen LogP contribution in [-0.2, 0) is 16.0 Å². The van der Waals surface area contributed by atoms with E-state index in [1.807, 2.05) is 74.5 Å². The first-order valence-electron chi connectivity index (χ1n) is 13.2. The molecule has 0 bridgehead atoms. The number of rotatable bonds is 11. The Bertz CT molecular complexity index is 1300. The largest absolute Gasteiger partial charge is 0.507 e. The van der Waals surface area contributed by atoms with Gasteiger partial charge in [-0.1, -0.05) is 79.6 Å². The van der Waals surface area contributed by atoms with Crippen LogP contribution in [0.15, 0.2) is 78.4 Å². The predicted molar refractivity (Wildman–Crippen MR) is 148 cm³/mol. The molecule has 6 heteroatoms. The lowest BCUT2D eigenvalue weighted by Gasteiger charge is -2.26. The third kappa shape index (κ3) is 5.91. The number of hydrogen-bond acceptors (Lipinski definition) is 5. The van der Waals surface area contributed by atoms with E-state index >= 15 is 0 Å². The molecule has 1 unspecified atom stereocenters. The molecular weight excluding hydrogens is 478 g/mol. The number of likely N-dealkylation sites (tertiary alicyclic amines) is 1. The van der Waals surface area contributed by atoms with Crippen molar-refractivity contribution >= 4 is 17.4 Å². The number of carbonyl (C=O) groups excluding carboxylic acids is 2. The standard InChI is InChI=1S/C32H35NO5/c1-4-6-20-38-26-17-16-25(21-27(26)37-5-2)29-28(30(34)24-14-12-22(3)13-15-24)31(35)32(36)33(29)19-18-23-10-8-7-9-11-23/h7-17,21,29,34H,4-6,18-20H2,1-3H3/b30-28+. The summed E-state index contributed by atoms with van der Waals surface area (Å²) in [6.07, 6.45) is 2.51. The van der Waals surface area contributed by atoms with Crippen molar-refractivity contribution in [1.29, 1.82) is 0 Å². The molecule has 3 aromatic carbocycles. The third-order valence-corrected chi connectivity index (χ3v) is 6.69. The van der Waals surface area contributed by atoms with E-state index in [1.165, 1.54) is 0 Å². The first-order valence-corrected chi connectivity index (χ1v) is 13.2. The molecule has 4 rings (SSSR count). The Labute approximate surface area is 224 Å². The summed E-state index contributed by atoms with van der Waals surface area (Å²) in [5.74, 6) is -0.339. The van der Waals surface area contributed by atoms with Crippen molar-refractivity contribution in [1.82, 2.24) is 4.90 Å². The van der Waals surface area contributed by atoms with Gasteiger partial charge in [0.25, 0.3) is 11.7 Å². The van der Waals surface area contributed by atoms with Crippen LogP contribution < -0.4 is 9.47 Å². The second kappa shape index (κ2) is 12.5. The van der Waals surface area contributed by atoms with Crippen molar-refractivity contribution in [3.8, 4) is 11.5 Å². The quantitative estimate of drug-likeness (QED) is 0.142. The zero-order chi connectivity index (χ0) is 27.1. The number of Topliss-reactive ketones (excluding diaryl/α,β-unsaturated/α-hetero) is 1. The van der Waals surface area contributed by atoms with Gasteiger partial charge in [0.2, 0.25) is 0 Å². The third-order valence-electron chi connectivity index (χ3n) is 6.69. The van der Waals surface area contributed by atoms with Crippen molar-refractivity contribution in [3.05, 3.63) is 101 Å². The number of aryl methyl sites for hydroxylation is 1. The maximum absolute atomic E-state index is 13.4. The molecule has 3 aromatic rings. The predicted octanol–water partition coefficient (Wildman–Crippen LogP) is 6.24. The number of aliphatic hydroxyl groups excluding tert-OH is 1. The van der Waals surface area contributed by atoms with Crippen LogP contribution in [0.25, 0.3) is 5.76 Å². The number of carbonyl (C=O) groups is 2. The monoisotopic (exact) mass is 513 g/mol. The number of unbranched alkanes of at least 4 members (excludes halogenated alkanes) is 1. The minimum absolute atomic E-state index is 0.0778. The highest BCUT2D eigenvalue weighted by molar-refractivity contribution is 6.46. The molecule has 1 N–H and O–H groups in total. The smallest absolute Gasteiger partial charge is 0.295 e. The summed E-state index contributed by atoms with van der Waals surface area (Å²) < 4.78 is 11.8. The van der Waals surface area contributed by atoms with Crippen molar-refractivity contribution < 1.29 is 24.2 Å². The fraction of sp³-hybridized carbons (Fsp3) is 0.312. The van der Waals surface area contributed by atoms with Gasteiger partial charge in [-0.05, 0) is 49.9 Å². The topological polar surface area (TPSA) is 76.1 Å². The zero-order valence-electron chi connectivity index (χ0n) is 22.3. The van der Waals surface area contributed by atoms with E-state index in [0.717, 1.165) is 24.0 Å². The van der Waals surface area contributed by atoms with Crippen molar-refractivity contribution in [2.45, 2.75) is 46.1 Å². The molecule has 0 saturated carbocycles. The summed E-state index contributed by atoms with van der Waals surface area (Å²) >= 11 is 0. The van der Waals surface area contributed by atoms with Crippen LogP contribution in [0, 0.1) is 6.92 Å². The summed E-state index contributed by atoms with van der Waals surface area (Å²) in [7, 11) is 0. The second-order valence-corrected chi connectivity index (χ2v) is 9.44. The lowest BCUT2D eigenvalue weighted by atomic mass is 9.94. The average Bonchev–Trinajstić information content (AvgIpc) is 3.18. The maximum atomic E-state index is 13.4. The minimum Gasteiger partial charge on any atom is -0.507 e. The Hall–Kier alpha value is -4.06. The fourth-order valence-corrected chi connectivity index (χ4v) is 4.63. The van der Waals surface area contributed by atoms with E-state index in [9.17, 15) is 14.7 Å². The van der Waals surface area contributed by atoms with Crippen molar-refractivity contribution in [2.24, 2.45) is 0 Å². The van der Waals surface area contributed by atoms with E-state index in [1.54, 1.807) is 17.0 Å². The molecule has 1 saturated heterocycles. The molecule has 0 aromatic heterocycles. The van der Waals surface area contributed by atoms with Gasteiger partial charge in [0.1, 0.15) is 5.76 Å². The summed E-state index contributed by atoms with van der Waals surface area (Å²) in [5.41, 5.74) is 3.33. The van der Waals surface area contributed by atoms with E-state index in [2.05, 4.69) is 6.92 Å². The number of amides is 1. The Morgan fingerprint density at radius 1 is 0.921 bits per heavy atom. The molecule has 1 fully saturated rings. The number of ketones is 1. The van der Waals surface area contributed by atoms with Crippen LogP contribution in [0.5, 0.6) is 11.5 Å². The van der Waals surface area contributed by atoms with Gasteiger partial charge in [0.05, 0.1) is 24.8 Å². The van der Waals surface area contributed by atoms with Gasteiger partial charge in [0.15, 0.2) is 11.5 Å². The fourth-order valence-electron chi connectivity index (χ4n) is 4.63. The highest BCUT2D eigenvalue weighted by Crippen LogP contribution is 2.42. The number of nitrogens with zero attached hydrogens (tertiary/aromatic N) is 1. The maximum Gasteiger partial charge on any atom is 0.295 e. The zero-order valence-corrected chi connectivity index (χ0v) is 22.3. The van der Waals surface area contributed by atoms with E-state index in [4.69, 9.17) is 9.47 Å². The molecule has 198 valence electrons. The normalized spacial score (nSPS) is 16.6. The van der Waals surface area contributed by atoms with E-state index in [0.29, 0.717) is 48.8 Å². The number of benzene rings is 3. The molecule has 0 spiro atoms. The molecule has 6 nitrogen and oxygen atoms in total. The Morgan fingerprint density at radius 2 is 1.66 bits per heavy atom. The molecule has 1 aliphatic heterocycles. The van der Waals surface area contributed by atoms with Gasteiger partial charge in [0, 0.05) is 12.1 Å². The summed E-state index contributed by atoms with van der Waals surface area (Å²) in [6.45, 7) is 7.27. The molecule has 1 heterocycles. The lowest BCUT2D eigenvalue weighted by molar-refractivity contribution is -0.139. The van der Waals surface area contributed by atoms with Crippen LogP contribution >= 0.6 is 0 Å². The second-order valence-electron chi connectivity index (χ2n) is 9.44. The molecule has 1 atom stereocenters. The Kier molecular flexibility index (Phi) is 8.85. The highest BCUT2D eigenvalue weighted by atomic mass is 16.5. The molecule has 1 amide bonds. The SMILES string of the molecule is CCCCOc1ccc(C2/C(=C(\O)c3ccc(C)cc3)C(=O)C(=O)N2CCc2ccccc2)cc1OCC. The Morgan fingerprint density at radius 3 is 2.34 bits per heavy atom. The summed E-state index contributed by atoms with van der Waals surface area (Å²) in [6, 6.07) is 21.8. The molecular formula is C32H35NO5. The van der Waals surface area contributed by atoms with Crippen molar-refractivity contribution in [3.63, 3.8) is 0 Å². The van der Waals surface area contributed by atoms with Gasteiger partial charge < -0.3 is 19.5 Å². The van der Waals surface area contributed by atoms with E-state index < -0.39 is 17.7 Å². The van der Waals surface area contributed by atoms with E-state index in [-0.39, 0.29) is 11.3 Å². The number of hydrogen-bond donors (Lipinski definition) is 1. The van der Waals surface area contributed by atoms with Crippen LogP contribution in [0.1, 0.15) is 55.0 Å².